The smallest absolute Gasteiger partial charge is 0.383 e. The molecular formula is C16H13ClNO2+. The Labute approximate surface area is 121 Å². The second kappa shape index (κ2) is 5.02. The van der Waals surface area contributed by atoms with Gasteiger partial charge in [-0.25, -0.2) is 0 Å². The summed E-state index contributed by atoms with van der Waals surface area (Å²) >= 11 is 5.89. The van der Waals surface area contributed by atoms with Gasteiger partial charge in [0.25, 0.3) is 5.69 Å². The Morgan fingerprint density at radius 2 is 1.60 bits per heavy atom. The van der Waals surface area contributed by atoms with Crippen molar-refractivity contribution >= 4 is 11.6 Å². The molecule has 100 valence electrons. The standard InChI is InChI=1S/C16H12ClNO2/c1-18-14(11-7-9-13(17)10-8-11)16(19)20-15(18)12-5-3-2-4-6-12/h2-10H,1H3/p+1. The van der Waals surface area contributed by atoms with Gasteiger partial charge in [0, 0.05) is 5.02 Å². The molecule has 0 aliphatic heterocycles. The predicted octanol–water partition coefficient (Wildman–Crippen LogP) is 3.80. The Balaban J connectivity index is 2.14. The Bertz CT molecular complexity index is 733. The monoisotopic (exact) mass is 286 g/mol. The SMILES string of the molecule is C[n+]1c(-c2ccccc2)oc(O)c1-c1ccc(Cl)cc1. The van der Waals surface area contributed by atoms with E-state index in [2.05, 4.69) is 0 Å². The molecule has 20 heavy (non-hydrogen) atoms. The maximum Gasteiger partial charge on any atom is 0.383 e. The van der Waals surface area contributed by atoms with Crippen molar-refractivity contribution in [3.8, 4) is 28.7 Å². The maximum absolute atomic E-state index is 10.1. The minimum absolute atomic E-state index is 0.103. The number of aromatic hydroxyl groups is 1. The molecule has 1 aromatic heterocycles. The molecule has 3 rings (SSSR count). The lowest BCUT2D eigenvalue weighted by Crippen LogP contribution is -2.30. The summed E-state index contributed by atoms with van der Waals surface area (Å²) < 4.78 is 7.33. The van der Waals surface area contributed by atoms with E-state index >= 15 is 0 Å². The maximum atomic E-state index is 10.1. The van der Waals surface area contributed by atoms with Crippen LogP contribution in [0, 0.1) is 0 Å². The van der Waals surface area contributed by atoms with Gasteiger partial charge >= 0.3 is 11.8 Å². The molecule has 0 amide bonds. The quantitative estimate of drug-likeness (QED) is 0.728. The molecule has 0 fully saturated rings. The molecule has 0 unspecified atom stereocenters. The zero-order valence-corrected chi connectivity index (χ0v) is 11.6. The third kappa shape index (κ3) is 2.17. The normalized spacial score (nSPS) is 10.7. The molecule has 0 bridgehead atoms. The molecule has 0 radical (unpaired) electrons. The van der Waals surface area contributed by atoms with E-state index in [1.165, 1.54) is 0 Å². The summed E-state index contributed by atoms with van der Waals surface area (Å²) in [5.41, 5.74) is 2.38. The molecule has 4 heteroatoms. The van der Waals surface area contributed by atoms with Gasteiger partial charge in [0.05, 0.1) is 11.1 Å². The number of aromatic nitrogens is 1. The van der Waals surface area contributed by atoms with Gasteiger partial charge in [-0.1, -0.05) is 29.8 Å². The van der Waals surface area contributed by atoms with E-state index in [1.54, 1.807) is 12.1 Å². The number of hydrogen-bond donors (Lipinski definition) is 1. The number of halogens is 1. The molecule has 0 saturated heterocycles. The fraction of sp³-hybridized carbons (Fsp3) is 0.0625. The Kier molecular flexibility index (Phi) is 3.20. The van der Waals surface area contributed by atoms with Crippen LogP contribution in [0.5, 0.6) is 5.95 Å². The first-order valence-electron chi connectivity index (χ1n) is 6.20. The van der Waals surface area contributed by atoms with Gasteiger partial charge in [0.15, 0.2) is 0 Å². The third-order valence-electron chi connectivity index (χ3n) is 3.17. The second-order valence-corrected chi connectivity index (χ2v) is 4.93. The molecule has 3 nitrogen and oxygen atoms in total. The van der Waals surface area contributed by atoms with Gasteiger partial charge in [0.1, 0.15) is 7.05 Å². The zero-order chi connectivity index (χ0) is 14.1. The molecule has 1 heterocycles. The van der Waals surface area contributed by atoms with Crippen LogP contribution >= 0.6 is 11.6 Å². The lowest BCUT2D eigenvalue weighted by atomic mass is 10.1. The molecule has 0 spiro atoms. The highest BCUT2D eigenvalue weighted by molar-refractivity contribution is 6.30. The summed E-state index contributed by atoms with van der Waals surface area (Å²) in [6, 6.07) is 16.9. The fourth-order valence-electron chi connectivity index (χ4n) is 2.21. The van der Waals surface area contributed by atoms with Crippen molar-refractivity contribution in [3.63, 3.8) is 0 Å². The summed E-state index contributed by atoms with van der Waals surface area (Å²) in [6.45, 7) is 0. The highest BCUT2D eigenvalue weighted by Crippen LogP contribution is 2.31. The number of rotatable bonds is 2. The molecule has 3 aromatic rings. The minimum atomic E-state index is -0.103. The van der Waals surface area contributed by atoms with Crippen molar-refractivity contribution in [3.05, 3.63) is 59.6 Å². The third-order valence-corrected chi connectivity index (χ3v) is 3.43. The van der Waals surface area contributed by atoms with E-state index in [-0.39, 0.29) is 5.95 Å². The van der Waals surface area contributed by atoms with Crippen LogP contribution in [0.4, 0.5) is 0 Å². The van der Waals surface area contributed by atoms with Crippen molar-refractivity contribution in [2.45, 2.75) is 0 Å². The van der Waals surface area contributed by atoms with Crippen molar-refractivity contribution in [2.75, 3.05) is 0 Å². The van der Waals surface area contributed by atoms with E-state index < -0.39 is 0 Å². The van der Waals surface area contributed by atoms with Gasteiger partial charge < -0.3 is 9.52 Å². The molecule has 0 aliphatic carbocycles. The molecule has 0 atom stereocenters. The van der Waals surface area contributed by atoms with Gasteiger partial charge in [-0.15, -0.1) is 0 Å². The van der Waals surface area contributed by atoms with E-state index in [9.17, 15) is 5.11 Å². The van der Waals surface area contributed by atoms with E-state index in [0.29, 0.717) is 16.6 Å². The van der Waals surface area contributed by atoms with Crippen molar-refractivity contribution < 1.29 is 14.1 Å². The average molecular weight is 287 g/mol. The number of oxazole rings is 1. The Morgan fingerprint density at radius 3 is 2.25 bits per heavy atom. The first kappa shape index (κ1) is 12.8. The fourth-order valence-corrected chi connectivity index (χ4v) is 2.34. The van der Waals surface area contributed by atoms with Crippen LogP contribution in [0.1, 0.15) is 0 Å². The van der Waals surface area contributed by atoms with Crippen LogP contribution in [-0.2, 0) is 7.05 Å². The van der Waals surface area contributed by atoms with Crippen LogP contribution in [0.3, 0.4) is 0 Å². The zero-order valence-electron chi connectivity index (χ0n) is 10.9. The van der Waals surface area contributed by atoms with Gasteiger partial charge in [-0.05, 0) is 36.4 Å². The molecule has 2 aromatic carbocycles. The van der Waals surface area contributed by atoms with Crippen molar-refractivity contribution in [1.82, 2.24) is 0 Å². The lowest BCUT2D eigenvalue weighted by molar-refractivity contribution is -0.652. The Hall–Kier alpha value is -2.26. The summed E-state index contributed by atoms with van der Waals surface area (Å²) in [5, 5.41) is 10.7. The molecule has 0 saturated carbocycles. The van der Waals surface area contributed by atoms with Crippen molar-refractivity contribution in [1.29, 1.82) is 0 Å². The number of benzene rings is 2. The van der Waals surface area contributed by atoms with Crippen LogP contribution < -0.4 is 4.57 Å². The van der Waals surface area contributed by atoms with Gasteiger partial charge in [0.2, 0.25) is 0 Å². The summed E-state index contributed by atoms with van der Waals surface area (Å²) in [6.07, 6.45) is 0. The largest absolute Gasteiger partial charge is 0.476 e. The topological polar surface area (TPSA) is 37.2 Å². The van der Waals surface area contributed by atoms with E-state index in [0.717, 1.165) is 11.1 Å². The first-order chi connectivity index (χ1) is 9.66. The van der Waals surface area contributed by atoms with Gasteiger partial charge in [-0.2, -0.15) is 4.57 Å². The van der Waals surface area contributed by atoms with Crippen LogP contribution in [0.2, 0.25) is 5.02 Å². The summed E-state index contributed by atoms with van der Waals surface area (Å²) in [5.74, 6) is 0.502. The van der Waals surface area contributed by atoms with E-state index in [1.807, 2.05) is 54.1 Å². The molecule has 0 aliphatic rings. The summed E-state index contributed by atoms with van der Waals surface area (Å²) in [7, 11) is 1.86. The van der Waals surface area contributed by atoms with Crippen molar-refractivity contribution in [2.24, 2.45) is 7.05 Å². The van der Waals surface area contributed by atoms with Crippen LogP contribution in [0.25, 0.3) is 22.7 Å². The highest BCUT2D eigenvalue weighted by atomic mass is 35.5. The predicted molar refractivity (Wildman–Crippen MR) is 77.4 cm³/mol. The highest BCUT2D eigenvalue weighted by Gasteiger charge is 2.28. The first-order valence-corrected chi connectivity index (χ1v) is 6.58. The van der Waals surface area contributed by atoms with Crippen LogP contribution in [0.15, 0.2) is 59.0 Å². The summed E-state index contributed by atoms with van der Waals surface area (Å²) in [4.78, 5) is 0. The Morgan fingerprint density at radius 1 is 0.950 bits per heavy atom. The van der Waals surface area contributed by atoms with Crippen LogP contribution in [-0.4, -0.2) is 5.11 Å². The number of hydrogen-bond acceptors (Lipinski definition) is 2. The average Bonchev–Trinajstić information content (AvgIpc) is 2.76. The van der Waals surface area contributed by atoms with E-state index in [4.69, 9.17) is 16.0 Å². The molecule has 1 N–H and O–H groups in total. The lowest BCUT2D eigenvalue weighted by Gasteiger charge is -1.96. The minimum Gasteiger partial charge on any atom is -0.476 e. The molecular weight excluding hydrogens is 274 g/mol. The van der Waals surface area contributed by atoms with Gasteiger partial charge in [-0.3, -0.25) is 0 Å². The second-order valence-electron chi connectivity index (χ2n) is 4.49. The number of nitrogens with zero attached hydrogens (tertiary/aromatic N) is 1.